The third-order valence-corrected chi connectivity index (χ3v) is 1.04. The lowest BCUT2D eigenvalue weighted by atomic mass is 10.5. The molecule has 0 rings (SSSR count). The van der Waals surface area contributed by atoms with Crippen molar-refractivity contribution in [1.82, 2.24) is 0 Å². The van der Waals surface area contributed by atoms with E-state index in [4.69, 9.17) is 20.4 Å². The lowest BCUT2D eigenvalue weighted by molar-refractivity contribution is -0.132. The molecule has 1 unspecified atom stereocenters. The Morgan fingerprint density at radius 1 is 0.905 bits per heavy atom. The normalized spacial score (nSPS) is 10.8. The Kier molecular flexibility index (Phi) is 17.1. The molecule has 0 radical (unpaired) electrons. The van der Waals surface area contributed by atoms with Crippen LogP contribution in [-0.4, -0.2) is 56.9 Å². The largest absolute Gasteiger partial charge is 0.478 e. The minimum Gasteiger partial charge on any atom is -0.478 e. The first-order valence-corrected chi connectivity index (χ1v) is 5.22. The van der Waals surface area contributed by atoms with Crippen molar-refractivity contribution in [3.63, 3.8) is 0 Å². The maximum atomic E-state index is 9.78. The van der Waals surface area contributed by atoms with E-state index >= 15 is 0 Å². The average molecular weight is 306 g/mol. The zero-order chi connectivity index (χ0) is 17.4. The van der Waals surface area contributed by atoms with Gasteiger partial charge < -0.3 is 31.9 Å². The van der Waals surface area contributed by atoms with Gasteiger partial charge in [-0.3, -0.25) is 9.59 Å². The molecule has 10 heteroatoms. The van der Waals surface area contributed by atoms with Gasteiger partial charge in [-0.1, -0.05) is 0 Å². The monoisotopic (exact) mass is 306 g/mol. The summed E-state index contributed by atoms with van der Waals surface area (Å²) < 4.78 is 0. The Bertz CT molecular complexity index is 335. The van der Waals surface area contributed by atoms with E-state index in [1.54, 1.807) is 0 Å². The lowest BCUT2D eigenvalue weighted by Crippen LogP contribution is -2.06. The summed E-state index contributed by atoms with van der Waals surface area (Å²) in [5, 5.41) is 31.7. The van der Waals surface area contributed by atoms with E-state index in [-0.39, 0.29) is 6.61 Å². The summed E-state index contributed by atoms with van der Waals surface area (Å²) in [7, 11) is 0. The van der Waals surface area contributed by atoms with Gasteiger partial charge in [-0.25, -0.2) is 9.59 Å². The molecule has 0 spiro atoms. The lowest BCUT2D eigenvalue weighted by Gasteiger charge is -1.90. The summed E-state index contributed by atoms with van der Waals surface area (Å²) in [6, 6.07) is 0. The predicted molar refractivity (Wildman–Crippen MR) is 70.7 cm³/mol. The molecule has 0 aliphatic carbocycles. The Hall–Kier alpha value is -2.72. The first-order valence-electron chi connectivity index (χ1n) is 5.22. The van der Waals surface area contributed by atoms with Crippen LogP contribution in [0, 0.1) is 0 Å². The smallest absolute Gasteiger partial charge is 0.328 e. The van der Waals surface area contributed by atoms with Gasteiger partial charge in [0.1, 0.15) is 0 Å². The van der Waals surface area contributed by atoms with Crippen LogP contribution < -0.4 is 11.5 Å². The summed E-state index contributed by atoms with van der Waals surface area (Å²) in [6.45, 7) is 1.39. The summed E-state index contributed by atoms with van der Waals surface area (Å²) in [4.78, 5) is 38.8. The van der Waals surface area contributed by atoms with Gasteiger partial charge in [0.05, 0.1) is 12.7 Å². The maximum absolute atomic E-state index is 9.78. The van der Waals surface area contributed by atoms with E-state index in [0.29, 0.717) is 12.2 Å². The van der Waals surface area contributed by atoms with Crippen molar-refractivity contribution in [1.29, 1.82) is 0 Å². The molecule has 0 aromatic carbocycles. The molecule has 0 aromatic heterocycles. The number of carboxylic acid groups (broad SMARTS) is 2. The minimum absolute atomic E-state index is 0.139. The Morgan fingerprint density at radius 2 is 1.14 bits per heavy atom. The maximum Gasteiger partial charge on any atom is 0.328 e. The molecule has 0 aliphatic heterocycles. The van der Waals surface area contributed by atoms with Crippen molar-refractivity contribution in [3.8, 4) is 0 Å². The number of carbonyl (C=O) groups excluding carboxylic acids is 2. The van der Waals surface area contributed by atoms with E-state index in [0.717, 1.165) is 12.2 Å². The fraction of sp³-hybridized carbons (Fsp3) is 0.273. The third kappa shape index (κ3) is 46.8. The number of amides is 2. The van der Waals surface area contributed by atoms with Gasteiger partial charge in [-0.15, -0.1) is 0 Å². The molecule has 1 atom stereocenters. The quantitative estimate of drug-likeness (QED) is 0.301. The highest BCUT2D eigenvalue weighted by molar-refractivity contribution is 5.93. The van der Waals surface area contributed by atoms with Crippen LogP contribution in [0.25, 0.3) is 0 Å². The average Bonchev–Trinajstić information content (AvgIpc) is 2.35. The summed E-state index contributed by atoms with van der Waals surface area (Å²) in [5.74, 6) is -3.87. The fourth-order valence-electron chi connectivity index (χ4n) is 0.307. The molecule has 10 nitrogen and oxygen atoms in total. The van der Waals surface area contributed by atoms with Crippen LogP contribution in [0.15, 0.2) is 24.3 Å². The summed E-state index contributed by atoms with van der Waals surface area (Å²) in [6.07, 6.45) is 2.37. The molecule has 8 N–H and O–H groups in total. The zero-order valence-electron chi connectivity index (χ0n) is 11.2. The molecule has 0 saturated carbocycles. The molecule has 0 aliphatic rings. The second-order valence-electron chi connectivity index (χ2n) is 3.18. The van der Waals surface area contributed by atoms with Gasteiger partial charge in [-0.2, -0.15) is 0 Å². The van der Waals surface area contributed by atoms with Crippen LogP contribution in [0.1, 0.15) is 6.92 Å². The molecule has 0 heterocycles. The number of carbonyl (C=O) groups is 4. The number of aliphatic carboxylic acids is 2. The number of aliphatic hydroxyl groups excluding tert-OH is 2. The van der Waals surface area contributed by atoms with Gasteiger partial charge in [0.15, 0.2) is 0 Å². The molecular weight excluding hydrogens is 288 g/mol. The third-order valence-electron chi connectivity index (χ3n) is 1.04. The highest BCUT2D eigenvalue weighted by atomic mass is 16.4. The van der Waals surface area contributed by atoms with E-state index < -0.39 is 29.9 Å². The van der Waals surface area contributed by atoms with E-state index in [1.807, 2.05) is 0 Å². The molecule has 0 fully saturated rings. The molecular formula is C11H18N2O8. The molecule has 0 saturated heterocycles. The van der Waals surface area contributed by atoms with Crippen LogP contribution in [0.3, 0.4) is 0 Å². The van der Waals surface area contributed by atoms with E-state index in [1.165, 1.54) is 6.92 Å². The highest BCUT2D eigenvalue weighted by Crippen LogP contribution is 1.69. The van der Waals surface area contributed by atoms with Gasteiger partial charge in [0.25, 0.3) is 0 Å². The Labute approximate surface area is 120 Å². The van der Waals surface area contributed by atoms with E-state index in [2.05, 4.69) is 11.5 Å². The van der Waals surface area contributed by atoms with Gasteiger partial charge in [0.2, 0.25) is 11.8 Å². The second-order valence-corrected chi connectivity index (χ2v) is 3.18. The van der Waals surface area contributed by atoms with Crippen LogP contribution in [0.2, 0.25) is 0 Å². The molecule has 2 amide bonds. The fourth-order valence-corrected chi connectivity index (χ4v) is 0.307. The molecule has 0 aromatic rings. The Balaban J connectivity index is -0.000000239. The summed E-state index contributed by atoms with van der Waals surface area (Å²) in [5.41, 5.74) is 9.10. The van der Waals surface area contributed by atoms with Gasteiger partial charge in [0, 0.05) is 24.3 Å². The van der Waals surface area contributed by atoms with Crippen LogP contribution >= 0.6 is 0 Å². The zero-order valence-corrected chi connectivity index (χ0v) is 11.2. The minimum atomic E-state index is -1.18. The van der Waals surface area contributed by atoms with Crippen molar-refractivity contribution < 1.29 is 39.6 Å². The number of primary amides is 2. The number of nitrogens with two attached hydrogens (primary N) is 2. The first-order chi connectivity index (χ1) is 9.52. The first kappa shape index (κ1) is 23.4. The SMILES string of the molecule is CC(O)CO.NC(=O)C=CC(=O)O.NC(=O)C=CC(=O)O. The number of aliphatic hydroxyl groups is 2. The van der Waals surface area contributed by atoms with Crippen molar-refractivity contribution in [2.45, 2.75) is 13.0 Å². The van der Waals surface area contributed by atoms with Crippen molar-refractivity contribution in [2.24, 2.45) is 11.5 Å². The van der Waals surface area contributed by atoms with E-state index in [9.17, 15) is 19.2 Å². The standard InChI is InChI=1S/2C4H5NO3.C3H8O2/c2*5-3(6)1-2-4(7)8;1-3(5)2-4/h2*1-2H,(H2,5,6)(H,7,8);3-5H,2H2,1H3. The molecule has 0 bridgehead atoms. The number of rotatable bonds is 5. The Morgan fingerprint density at radius 3 is 1.19 bits per heavy atom. The molecule has 21 heavy (non-hydrogen) atoms. The van der Waals surface area contributed by atoms with Gasteiger partial charge >= 0.3 is 11.9 Å². The topological polar surface area (TPSA) is 201 Å². The van der Waals surface area contributed by atoms with Crippen LogP contribution in [0.4, 0.5) is 0 Å². The van der Waals surface area contributed by atoms with Crippen molar-refractivity contribution in [3.05, 3.63) is 24.3 Å². The van der Waals surface area contributed by atoms with Crippen molar-refractivity contribution >= 4 is 23.8 Å². The number of hydrogen-bond acceptors (Lipinski definition) is 6. The summed E-state index contributed by atoms with van der Waals surface area (Å²) >= 11 is 0. The van der Waals surface area contributed by atoms with Gasteiger partial charge in [-0.05, 0) is 6.92 Å². The van der Waals surface area contributed by atoms with Crippen LogP contribution in [0.5, 0.6) is 0 Å². The predicted octanol–water partition coefficient (Wildman–Crippen LogP) is -2.42. The van der Waals surface area contributed by atoms with Crippen molar-refractivity contribution in [2.75, 3.05) is 6.61 Å². The number of carboxylic acids is 2. The van der Waals surface area contributed by atoms with Crippen LogP contribution in [-0.2, 0) is 19.2 Å². The highest BCUT2D eigenvalue weighted by Gasteiger charge is 1.86. The second kappa shape index (κ2) is 15.3. The molecule has 120 valence electrons. The number of hydrogen-bond donors (Lipinski definition) is 6.